The van der Waals surface area contributed by atoms with Crippen molar-refractivity contribution in [1.29, 1.82) is 0 Å². The molecule has 9 heavy (non-hydrogen) atoms. The molecule has 0 unspecified atom stereocenters. The second-order valence-electron chi connectivity index (χ2n) is 2.70. The summed E-state index contributed by atoms with van der Waals surface area (Å²) in [6.45, 7) is 0. The summed E-state index contributed by atoms with van der Waals surface area (Å²) in [5.74, 6) is 1.75. The van der Waals surface area contributed by atoms with Crippen molar-refractivity contribution >= 4 is 5.94 Å². The van der Waals surface area contributed by atoms with Gasteiger partial charge in [-0.1, -0.05) is 12.8 Å². The predicted molar refractivity (Wildman–Crippen MR) is 35.6 cm³/mol. The van der Waals surface area contributed by atoms with Crippen molar-refractivity contribution in [1.82, 2.24) is 0 Å². The van der Waals surface area contributed by atoms with Crippen LogP contribution in [0.25, 0.3) is 0 Å². The van der Waals surface area contributed by atoms with E-state index in [0.717, 1.165) is 25.7 Å². The van der Waals surface area contributed by atoms with Crippen LogP contribution in [0.4, 0.5) is 0 Å². The highest BCUT2D eigenvalue weighted by atomic mass is 16.1. The van der Waals surface area contributed by atoms with Crippen LogP contribution in [0.5, 0.6) is 0 Å². The van der Waals surface area contributed by atoms with E-state index in [1.807, 2.05) is 0 Å². The zero-order chi connectivity index (χ0) is 6.74. The molecule has 2 heteroatoms. The van der Waals surface area contributed by atoms with Gasteiger partial charge in [0.1, 0.15) is 5.94 Å². The second kappa shape index (κ2) is 2.34. The Morgan fingerprint density at radius 3 is 2.44 bits per heavy atom. The molecule has 0 atom stereocenters. The molecule has 0 aromatic heterocycles. The average molecular weight is 125 g/mol. The SMILES string of the molecule is NC1(C=C=O)CCCC1. The molecule has 1 aliphatic rings. The first-order chi connectivity index (χ1) is 4.27. The molecule has 0 heterocycles. The minimum Gasteiger partial charge on any atom is -0.321 e. The molecule has 0 spiro atoms. The van der Waals surface area contributed by atoms with Crippen molar-refractivity contribution in [3.05, 3.63) is 6.08 Å². The van der Waals surface area contributed by atoms with E-state index < -0.39 is 0 Å². The average Bonchev–Trinajstić information content (AvgIpc) is 2.16. The van der Waals surface area contributed by atoms with Crippen LogP contribution in [-0.2, 0) is 4.79 Å². The molecule has 0 radical (unpaired) electrons. The standard InChI is InChI=1S/C7H11NO/c8-7(5-6-9)3-1-2-4-7/h5H,1-4,8H2. The van der Waals surface area contributed by atoms with Crippen LogP contribution < -0.4 is 5.73 Å². The Labute approximate surface area is 54.7 Å². The molecule has 0 aliphatic heterocycles. The molecule has 0 bridgehead atoms. The summed E-state index contributed by atoms with van der Waals surface area (Å²) in [5.41, 5.74) is 5.45. The summed E-state index contributed by atoms with van der Waals surface area (Å²) in [4.78, 5) is 9.91. The van der Waals surface area contributed by atoms with E-state index in [1.165, 1.54) is 6.08 Å². The van der Waals surface area contributed by atoms with Crippen LogP contribution in [-0.4, -0.2) is 11.5 Å². The van der Waals surface area contributed by atoms with Crippen molar-refractivity contribution in [2.45, 2.75) is 31.2 Å². The van der Waals surface area contributed by atoms with Crippen molar-refractivity contribution in [2.24, 2.45) is 5.73 Å². The second-order valence-corrected chi connectivity index (χ2v) is 2.70. The Hall–Kier alpha value is -0.590. The molecule has 0 saturated heterocycles. The van der Waals surface area contributed by atoms with Gasteiger partial charge >= 0.3 is 0 Å². The summed E-state index contributed by atoms with van der Waals surface area (Å²) < 4.78 is 0. The van der Waals surface area contributed by atoms with Gasteiger partial charge in [0.25, 0.3) is 0 Å². The lowest BCUT2D eigenvalue weighted by atomic mass is 10.0. The number of carbonyl (C=O) groups excluding carboxylic acids is 1. The summed E-state index contributed by atoms with van der Waals surface area (Å²) in [6, 6.07) is 0. The van der Waals surface area contributed by atoms with Crippen molar-refractivity contribution in [3.63, 3.8) is 0 Å². The summed E-state index contributed by atoms with van der Waals surface area (Å²) in [6.07, 6.45) is 5.65. The summed E-state index contributed by atoms with van der Waals surface area (Å²) >= 11 is 0. The van der Waals surface area contributed by atoms with Gasteiger partial charge in [0, 0.05) is 11.6 Å². The Bertz CT molecular complexity index is 141. The van der Waals surface area contributed by atoms with Gasteiger partial charge in [-0.25, -0.2) is 4.79 Å². The van der Waals surface area contributed by atoms with Gasteiger partial charge in [-0.05, 0) is 12.8 Å². The van der Waals surface area contributed by atoms with Crippen LogP contribution in [0.15, 0.2) is 6.08 Å². The molecule has 50 valence electrons. The van der Waals surface area contributed by atoms with E-state index in [-0.39, 0.29) is 5.54 Å². The highest BCUT2D eigenvalue weighted by Crippen LogP contribution is 2.27. The third-order valence-corrected chi connectivity index (χ3v) is 1.88. The zero-order valence-corrected chi connectivity index (χ0v) is 5.39. The molecule has 1 fully saturated rings. The van der Waals surface area contributed by atoms with Crippen LogP contribution >= 0.6 is 0 Å². The Morgan fingerprint density at radius 1 is 1.44 bits per heavy atom. The molecule has 0 amide bonds. The van der Waals surface area contributed by atoms with E-state index in [2.05, 4.69) is 0 Å². The Balaban J connectivity index is 2.61. The van der Waals surface area contributed by atoms with E-state index in [9.17, 15) is 4.79 Å². The van der Waals surface area contributed by atoms with Gasteiger partial charge in [0.15, 0.2) is 0 Å². The highest BCUT2D eigenvalue weighted by molar-refractivity contribution is 5.48. The largest absolute Gasteiger partial charge is 0.321 e. The maximum atomic E-state index is 9.91. The lowest BCUT2D eigenvalue weighted by Crippen LogP contribution is -2.33. The monoisotopic (exact) mass is 125 g/mol. The van der Waals surface area contributed by atoms with Crippen LogP contribution in [0.3, 0.4) is 0 Å². The topological polar surface area (TPSA) is 43.1 Å². The van der Waals surface area contributed by atoms with Crippen molar-refractivity contribution < 1.29 is 4.79 Å². The number of hydrogen-bond donors (Lipinski definition) is 1. The molecule has 1 saturated carbocycles. The molecule has 2 nitrogen and oxygen atoms in total. The van der Waals surface area contributed by atoms with E-state index in [4.69, 9.17) is 5.73 Å². The zero-order valence-electron chi connectivity index (χ0n) is 5.39. The molecule has 0 aromatic rings. The number of hydrogen-bond acceptors (Lipinski definition) is 2. The first-order valence-corrected chi connectivity index (χ1v) is 3.28. The highest BCUT2D eigenvalue weighted by Gasteiger charge is 2.26. The predicted octanol–water partition coefficient (Wildman–Crippen LogP) is 0.646. The van der Waals surface area contributed by atoms with Gasteiger partial charge in [0.2, 0.25) is 0 Å². The van der Waals surface area contributed by atoms with E-state index >= 15 is 0 Å². The third kappa shape index (κ3) is 1.41. The van der Waals surface area contributed by atoms with Gasteiger partial charge in [-0.3, -0.25) is 0 Å². The fourth-order valence-electron chi connectivity index (χ4n) is 1.29. The third-order valence-electron chi connectivity index (χ3n) is 1.88. The molecule has 1 aliphatic carbocycles. The molecule has 1 rings (SSSR count). The maximum Gasteiger partial charge on any atom is 0.121 e. The first kappa shape index (κ1) is 6.53. The Morgan fingerprint density at radius 2 is 2.00 bits per heavy atom. The van der Waals surface area contributed by atoms with Crippen LogP contribution in [0, 0.1) is 0 Å². The Kier molecular flexibility index (Phi) is 1.70. The summed E-state index contributed by atoms with van der Waals surface area (Å²) in [5, 5.41) is 0. The fourth-order valence-corrected chi connectivity index (χ4v) is 1.29. The lowest BCUT2D eigenvalue weighted by Gasteiger charge is -2.14. The van der Waals surface area contributed by atoms with Crippen LogP contribution in [0.1, 0.15) is 25.7 Å². The fraction of sp³-hybridized carbons (Fsp3) is 0.714. The van der Waals surface area contributed by atoms with E-state index in [0.29, 0.717) is 0 Å². The minimum atomic E-state index is -0.304. The van der Waals surface area contributed by atoms with Gasteiger partial charge in [-0.2, -0.15) is 0 Å². The van der Waals surface area contributed by atoms with Gasteiger partial charge in [-0.15, -0.1) is 0 Å². The maximum absolute atomic E-state index is 9.91. The molecule has 0 aromatic carbocycles. The van der Waals surface area contributed by atoms with Crippen molar-refractivity contribution in [2.75, 3.05) is 0 Å². The smallest absolute Gasteiger partial charge is 0.121 e. The summed E-state index contributed by atoms with van der Waals surface area (Å²) in [7, 11) is 0. The van der Waals surface area contributed by atoms with E-state index in [1.54, 1.807) is 5.94 Å². The molecular formula is C7H11NO. The number of rotatable bonds is 1. The normalized spacial score (nSPS) is 23.2. The molecular weight excluding hydrogens is 114 g/mol. The number of nitrogens with two attached hydrogens (primary N) is 1. The minimum absolute atomic E-state index is 0.304. The van der Waals surface area contributed by atoms with Crippen LogP contribution in [0.2, 0.25) is 0 Å². The van der Waals surface area contributed by atoms with Gasteiger partial charge < -0.3 is 5.73 Å². The molecule has 2 N–H and O–H groups in total. The van der Waals surface area contributed by atoms with Crippen molar-refractivity contribution in [3.8, 4) is 0 Å². The van der Waals surface area contributed by atoms with Gasteiger partial charge in [0.05, 0.1) is 0 Å². The quantitative estimate of drug-likeness (QED) is 0.523. The lowest BCUT2D eigenvalue weighted by molar-refractivity contribution is 0.536. The first-order valence-electron chi connectivity index (χ1n) is 3.28.